The number of esters is 1. The summed E-state index contributed by atoms with van der Waals surface area (Å²) in [5.74, 6) is -0.376. The van der Waals surface area contributed by atoms with Gasteiger partial charge in [0, 0.05) is 4.47 Å². The average Bonchev–Trinajstić information content (AvgIpc) is 2.25. The minimum atomic E-state index is -0.376. The van der Waals surface area contributed by atoms with Crippen LogP contribution < -0.4 is 5.32 Å². The summed E-state index contributed by atoms with van der Waals surface area (Å²) in [6.07, 6.45) is 0. The van der Waals surface area contributed by atoms with Gasteiger partial charge in [-0.1, -0.05) is 6.07 Å². The van der Waals surface area contributed by atoms with E-state index in [4.69, 9.17) is 5.26 Å². The van der Waals surface area contributed by atoms with Crippen molar-refractivity contribution in [2.24, 2.45) is 0 Å². The molecule has 4 nitrogen and oxygen atoms in total. The quantitative estimate of drug-likeness (QED) is 0.851. The first-order chi connectivity index (χ1) is 7.19. The van der Waals surface area contributed by atoms with E-state index in [0.29, 0.717) is 15.7 Å². The molecule has 1 aromatic rings. The number of hydrogen-bond donors (Lipinski definition) is 1. The lowest BCUT2D eigenvalue weighted by Crippen LogP contribution is -2.15. The van der Waals surface area contributed by atoms with Crippen molar-refractivity contribution in [1.29, 1.82) is 5.26 Å². The monoisotopic (exact) mass is 268 g/mol. The van der Waals surface area contributed by atoms with Crippen LogP contribution in [0.5, 0.6) is 0 Å². The summed E-state index contributed by atoms with van der Waals surface area (Å²) in [7, 11) is 1.32. The minimum absolute atomic E-state index is 0.0433. The lowest BCUT2D eigenvalue weighted by atomic mass is 10.2. The van der Waals surface area contributed by atoms with Gasteiger partial charge in [-0.05, 0) is 28.1 Å². The fourth-order valence-electron chi connectivity index (χ4n) is 1.02. The summed E-state index contributed by atoms with van der Waals surface area (Å²) >= 11 is 3.25. The number of benzene rings is 1. The van der Waals surface area contributed by atoms with E-state index in [1.807, 2.05) is 6.07 Å². The molecule has 0 heterocycles. The highest BCUT2D eigenvalue weighted by Crippen LogP contribution is 2.23. The highest BCUT2D eigenvalue weighted by Gasteiger charge is 2.07. The van der Waals surface area contributed by atoms with Crippen molar-refractivity contribution < 1.29 is 9.53 Å². The lowest BCUT2D eigenvalue weighted by Gasteiger charge is -2.07. The Morgan fingerprint density at radius 3 is 3.00 bits per heavy atom. The molecule has 1 N–H and O–H groups in total. The van der Waals surface area contributed by atoms with Crippen LogP contribution in [0.15, 0.2) is 22.7 Å². The Bertz CT molecular complexity index is 412. The van der Waals surface area contributed by atoms with Crippen molar-refractivity contribution >= 4 is 27.6 Å². The predicted octanol–water partition coefficient (Wildman–Crippen LogP) is 1.91. The number of halogens is 1. The number of carbonyl (C=O) groups is 1. The second kappa shape index (κ2) is 5.37. The third kappa shape index (κ3) is 2.96. The number of nitriles is 1. The van der Waals surface area contributed by atoms with E-state index in [2.05, 4.69) is 26.0 Å². The van der Waals surface area contributed by atoms with Gasteiger partial charge >= 0.3 is 5.97 Å². The molecular formula is C10H9BrN2O2. The molecule has 78 valence electrons. The van der Waals surface area contributed by atoms with Crippen molar-refractivity contribution in [3.05, 3.63) is 28.2 Å². The van der Waals surface area contributed by atoms with Crippen molar-refractivity contribution in [1.82, 2.24) is 0 Å². The maximum absolute atomic E-state index is 10.9. The van der Waals surface area contributed by atoms with Crippen LogP contribution in [0.25, 0.3) is 0 Å². The molecule has 0 saturated carbocycles. The van der Waals surface area contributed by atoms with Gasteiger partial charge in [-0.25, -0.2) is 0 Å². The second-order valence-corrected chi connectivity index (χ2v) is 3.56. The lowest BCUT2D eigenvalue weighted by molar-refractivity contribution is -0.138. The van der Waals surface area contributed by atoms with Crippen molar-refractivity contribution in [2.75, 3.05) is 19.0 Å². The third-order valence-corrected chi connectivity index (χ3v) is 2.44. The van der Waals surface area contributed by atoms with Gasteiger partial charge in [0.2, 0.25) is 0 Å². The first-order valence-electron chi connectivity index (χ1n) is 4.18. The number of anilines is 1. The molecule has 1 rings (SSSR count). The van der Waals surface area contributed by atoms with Gasteiger partial charge in [0.05, 0.1) is 18.4 Å². The normalized spacial score (nSPS) is 9.13. The minimum Gasteiger partial charge on any atom is -0.468 e. The fraction of sp³-hybridized carbons (Fsp3) is 0.200. The Balaban J connectivity index is 2.82. The fourth-order valence-corrected chi connectivity index (χ4v) is 1.48. The van der Waals surface area contributed by atoms with Crippen LogP contribution >= 0.6 is 15.9 Å². The molecule has 0 amide bonds. The zero-order valence-electron chi connectivity index (χ0n) is 8.08. The summed E-state index contributed by atoms with van der Waals surface area (Å²) < 4.78 is 5.17. The summed E-state index contributed by atoms with van der Waals surface area (Å²) in [5.41, 5.74) is 1.08. The molecule has 0 aromatic heterocycles. The number of ether oxygens (including phenoxy) is 1. The zero-order chi connectivity index (χ0) is 11.3. The van der Waals surface area contributed by atoms with Gasteiger partial charge in [-0.15, -0.1) is 0 Å². The van der Waals surface area contributed by atoms with Crippen molar-refractivity contribution in [3.8, 4) is 6.07 Å². The summed E-state index contributed by atoms with van der Waals surface area (Å²) in [5, 5.41) is 11.7. The van der Waals surface area contributed by atoms with Gasteiger partial charge in [0.1, 0.15) is 12.6 Å². The molecule has 1 aromatic carbocycles. The zero-order valence-corrected chi connectivity index (χ0v) is 9.67. The largest absolute Gasteiger partial charge is 0.468 e. The second-order valence-electron chi connectivity index (χ2n) is 2.70. The van der Waals surface area contributed by atoms with Crippen molar-refractivity contribution in [3.63, 3.8) is 0 Å². The van der Waals surface area contributed by atoms with Crippen LogP contribution in [0.3, 0.4) is 0 Å². The summed E-state index contributed by atoms with van der Waals surface area (Å²) in [4.78, 5) is 10.9. The summed E-state index contributed by atoms with van der Waals surface area (Å²) in [6.45, 7) is 0.0433. The molecule has 0 aliphatic heterocycles. The topological polar surface area (TPSA) is 62.1 Å². The Kier molecular flexibility index (Phi) is 4.13. The number of hydrogen-bond acceptors (Lipinski definition) is 4. The Hall–Kier alpha value is -1.54. The van der Waals surface area contributed by atoms with Gasteiger partial charge < -0.3 is 10.1 Å². The standard InChI is InChI=1S/C10H9BrN2O2/c1-15-10(14)6-13-9-4-2-3-8(11)7(9)5-12/h2-4,13H,6H2,1H3. The van der Waals surface area contributed by atoms with E-state index < -0.39 is 0 Å². The molecule has 0 fully saturated rings. The molecular weight excluding hydrogens is 260 g/mol. The number of rotatable bonds is 3. The number of nitrogens with one attached hydrogen (secondary N) is 1. The molecule has 15 heavy (non-hydrogen) atoms. The first-order valence-corrected chi connectivity index (χ1v) is 4.97. The van der Waals surface area contributed by atoms with Crippen LogP contribution in [0, 0.1) is 11.3 Å². The van der Waals surface area contributed by atoms with E-state index in [9.17, 15) is 4.79 Å². The van der Waals surface area contributed by atoms with E-state index in [0.717, 1.165) is 0 Å². The van der Waals surface area contributed by atoms with Gasteiger partial charge in [-0.2, -0.15) is 5.26 Å². The van der Waals surface area contributed by atoms with Crippen molar-refractivity contribution in [2.45, 2.75) is 0 Å². The number of methoxy groups -OCH3 is 1. The molecule has 0 bridgehead atoms. The highest BCUT2D eigenvalue weighted by atomic mass is 79.9. The van der Waals surface area contributed by atoms with Crippen LogP contribution in [-0.4, -0.2) is 19.6 Å². The molecule has 0 aliphatic carbocycles. The third-order valence-electron chi connectivity index (χ3n) is 1.78. The highest BCUT2D eigenvalue weighted by molar-refractivity contribution is 9.10. The number of carbonyl (C=O) groups excluding carboxylic acids is 1. The molecule has 0 unspecified atom stereocenters. The molecule has 0 atom stereocenters. The number of nitrogens with zero attached hydrogens (tertiary/aromatic N) is 1. The van der Waals surface area contributed by atoms with Gasteiger partial charge in [0.25, 0.3) is 0 Å². The van der Waals surface area contributed by atoms with Crippen LogP contribution in [-0.2, 0) is 9.53 Å². The first kappa shape index (κ1) is 11.5. The summed E-state index contributed by atoms with van der Waals surface area (Å²) in [6, 6.07) is 7.32. The molecule has 5 heteroatoms. The Labute approximate surface area is 96.0 Å². The van der Waals surface area contributed by atoms with Crippen LogP contribution in [0.4, 0.5) is 5.69 Å². The van der Waals surface area contributed by atoms with E-state index >= 15 is 0 Å². The van der Waals surface area contributed by atoms with Crippen LogP contribution in [0.1, 0.15) is 5.56 Å². The van der Waals surface area contributed by atoms with E-state index in [1.165, 1.54) is 7.11 Å². The van der Waals surface area contributed by atoms with Gasteiger partial charge in [-0.3, -0.25) is 4.79 Å². The van der Waals surface area contributed by atoms with E-state index in [1.54, 1.807) is 18.2 Å². The molecule has 0 radical (unpaired) electrons. The smallest absolute Gasteiger partial charge is 0.325 e. The Morgan fingerprint density at radius 1 is 1.67 bits per heavy atom. The maximum atomic E-state index is 10.9. The molecule has 0 aliphatic rings. The Morgan fingerprint density at radius 2 is 2.40 bits per heavy atom. The SMILES string of the molecule is COC(=O)CNc1cccc(Br)c1C#N. The predicted molar refractivity (Wildman–Crippen MR) is 59.4 cm³/mol. The maximum Gasteiger partial charge on any atom is 0.325 e. The van der Waals surface area contributed by atoms with Crippen LogP contribution in [0.2, 0.25) is 0 Å². The van der Waals surface area contributed by atoms with E-state index in [-0.39, 0.29) is 12.5 Å². The van der Waals surface area contributed by atoms with Gasteiger partial charge in [0.15, 0.2) is 0 Å². The average molecular weight is 269 g/mol. The molecule has 0 spiro atoms. The molecule has 0 saturated heterocycles.